The molecular formula is C18H18FNO3. The molecule has 2 aromatic carbocycles. The Bertz CT molecular complexity index is 728. The normalized spacial score (nSPS) is 10.2. The van der Waals surface area contributed by atoms with E-state index >= 15 is 0 Å². The van der Waals surface area contributed by atoms with E-state index < -0.39 is 11.8 Å². The molecular weight excluding hydrogens is 297 g/mol. The standard InChI is InChI=1S/C18H18FNO3/c1-3-23-18(22)14-8-9-16(12(2)10-14)20-17(21)11-13-6-4-5-7-15(13)19/h4-10H,3,11H2,1-2H3,(H,20,21). The first-order chi connectivity index (χ1) is 11.0. The largest absolute Gasteiger partial charge is 0.462 e. The van der Waals surface area contributed by atoms with Crippen molar-refractivity contribution in [3.63, 3.8) is 0 Å². The van der Waals surface area contributed by atoms with E-state index in [9.17, 15) is 14.0 Å². The van der Waals surface area contributed by atoms with Gasteiger partial charge >= 0.3 is 5.97 Å². The van der Waals surface area contributed by atoms with E-state index in [1.165, 1.54) is 6.07 Å². The SMILES string of the molecule is CCOC(=O)c1ccc(NC(=O)Cc2ccccc2F)c(C)c1. The van der Waals surface area contributed by atoms with Gasteiger partial charge in [0.1, 0.15) is 5.82 Å². The van der Waals surface area contributed by atoms with Crippen molar-refractivity contribution in [1.82, 2.24) is 0 Å². The number of amides is 1. The summed E-state index contributed by atoms with van der Waals surface area (Å²) in [5.74, 6) is -1.13. The van der Waals surface area contributed by atoms with Gasteiger partial charge in [-0.1, -0.05) is 18.2 Å². The molecule has 0 bridgehead atoms. The Morgan fingerprint density at radius 2 is 1.91 bits per heavy atom. The van der Waals surface area contributed by atoms with Crippen LogP contribution in [0.3, 0.4) is 0 Å². The molecule has 0 unspecified atom stereocenters. The second-order valence-corrected chi connectivity index (χ2v) is 5.07. The molecule has 0 radical (unpaired) electrons. The summed E-state index contributed by atoms with van der Waals surface area (Å²) in [6.07, 6.45) is -0.0499. The van der Waals surface area contributed by atoms with Crippen LogP contribution in [0.1, 0.15) is 28.4 Å². The highest BCUT2D eigenvalue weighted by Crippen LogP contribution is 2.18. The summed E-state index contributed by atoms with van der Waals surface area (Å²) >= 11 is 0. The maximum absolute atomic E-state index is 13.6. The zero-order chi connectivity index (χ0) is 16.8. The van der Waals surface area contributed by atoms with E-state index in [4.69, 9.17) is 4.74 Å². The average molecular weight is 315 g/mol. The van der Waals surface area contributed by atoms with Crippen LogP contribution in [-0.2, 0) is 16.0 Å². The van der Waals surface area contributed by atoms with Crippen LogP contribution in [0.5, 0.6) is 0 Å². The van der Waals surface area contributed by atoms with Crippen molar-refractivity contribution < 1.29 is 18.7 Å². The molecule has 5 heteroatoms. The third-order valence-electron chi connectivity index (χ3n) is 3.32. The molecule has 0 aliphatic heterocycles. The number of nitrogens with one attached hydrogen (secondary N) is 1. The van der Waals surface area contributed by atoms with Crippen molar-refractivity contribution >= 4 is 17.6 Å². The van der Waals surface area contributed by atoms with Crippen LogP contribution in [0.15, 0.2) is 42.5 Å². The third kappa shape index (κ3) is 4.39. The highest BCUT2D eigenvalue weighted by atomic mass is 19.1. The molecule has 0 heterocycles. The molecule has 0 aromatic heterocycles. The third-order valence-corrected chi connectivity index (χ3v) is 3.32. The fourth-order valence-electron chi connectivity index (χ4n) is 2.15. The Labute approximate surface area is 134 Å². The molecule has 4 nitrogen and oxygen atoms in total. The molecule has 0 atom stereocenters. The van der Waals surface area contributed by atoms with Crippen LogP contribution in [0.25, 0.3) is 0 Å². The summed E-state index contributed by atoms with van der Waals surface area (Å²) in [4.78, 5) is 23.7. The number of carbonyl (C=O) groups is 2. The van der Waals surface area contributed by atoms with Gasteiger partial charge in [0.05, 0.1) is 18.6 Å². The summed E-state index contributed by atoms with van der Waals surface area (Å²) in [6.45, 7) is 3.82. The molecule has 0 saturated carbocycles. The van der Waals surface area contributed by atoms with Crippen LogP contribution < -0.4 is 5.32 Å². The minimum absolute atomic E-state index is 0.0499. The zero-order valence-corrected chi connectivity index (χ0v) is 13.1. The maximum Gasteiger partial charge on any atom is 0.338 e. The van der Waals surface area contributed by atoms with E-state index in [2.05, 4.69) is 5.32 Å². The predicted octanol–water partition coefficient (Wildman–Crippen LogP) is 3.49. The van der Waals surface area contributed by atoms with Crippen LogP contribution in [-0.4, -0.2) is 18.5 Å². The number of anilines is 1. The number of rotatable bonds is 5. The smallest absolute Gasteiger partial charge is 0.338 e. The summed E-state index contributed by atoms with van der Waals surface area (Å²) < 4.78 is 18.5. The highest BCUT2D eigenvalue weighted by molar-refractivity contribution is 5.95. The summed E-state index contributed by atoms with van der Waals surface area (Å²) in [5.41, 5.74) is 2.08. The molecule has 2 rings (SSSR count). The van der Waals surface area contributed by atoms with Gasteiger partial charge in [-0.25, -0.2) is 9.18 Å². The highest BCUT2D eigenvalue weighted by Gasteiger charge is 2.12. The summed E-state index contributed by atoms with van der Waals surface area (Å²) in [7, 11) is 0. The van der Waals surface area contributed by atoms with Gasteiger partial charge in [-0.15, -0.1) is 0 Å². The number of hydrogen-bond acceptors (Lipinski definition) is 3. The molecule has 23 heavy (non-hydrogen) atoms. The number of carbonyl (C=O) groups excluding carboxylic acids is 2. The topological polar surface area (TPSA) is 55.4 Å². The fourth-order valence-corrected chi connectivity index (χ4v) is 2.15. The molecule has 0 fully saturated rings. The van der Waals surface area contributed by atoms with Crippen molar-refractivity contribution in [2.45, 2.75) is 20.3 Å². The number of ether oxygens (including phenoxy) is 1. The van der Waals surface area contributed by atoms with Gasteiger partial charge in [-0.2, -0.15) is 0 Å². The molecule has 0 aliphatic carbocycles. The van der Waals surface area contributed by atoms with Crippen molar-refractivity contribution in [2.75, 3.05) is 11.9 Å². The Hall–Kier alpha value is -2.69. The van der Waals surface area contributed by atoms with Gasteiger partial charge in [0.25, 0.3) is 0 Å². The Kier molecular flexibility index (Phi) is 5.46. The van der Waals surface area contributed by atoms with Gasteiger partial charge < -0.3 is 10.1 Å². The fraction of sp³-hybridized carbons (Fsp3) is 0.222. The Morgan fingerprint density at radius 1 is 1.17 bits per heavy atom. The van der Waals surface area contributed by atoms with Crippen molar-refractivity contribution in [2.24, 2.45) is 0 Å². The lowest BCUT2D eigenvalue weighted by Gasteiger charge is -2.10. The minimum Gasteiger partial charge on any atom is -0.462 e. The molecule has 2 aromatic rings. The molecule has 0 saturated heterocycles. The molecule has 1 N–H and O–H groups in total. The lowest BCUT2D eigenvalue weighted by Crippen LogP contribution is -2.16. The first-order valence-electron chi connectivity index (χ1n) is 7.32. The van der Waals surface area contributed by atoms with Crippen LogP contribution >= 0.6 is 0 Å². The van der Waals surface area contributed by atoms with Gasteiger partial charge in [0.15, 0.2) is 0 Å². The van der Waals surface area contributed by atoms with Crippen LogP contribution in [0, 0.1) is 12.7 Å². The van der Waals surface area contributed by atoms with Crippen LogP contribution in [0.2, 0.25) is 0 Å². The number of esters is 1. The van der Waals surface area contributed by atoms with Crippen molar-refractivity contribution in [1.29, 1.82) is 0 Å². The maximum atomic E-state index is 13.6. The zero-order valence-electron chi connectivity index (χ0n) is 13.1. The Morgan fingerprint density at radius 3 is 2.57 bits per heavy atom. The van der Waals surface area contributed by atoms with Gasteiger partial charge in [-0.3, -0.25) is 4.79 Å². The molecule has 0 spiro atoms. The second-order valence-electron chi connectivity index (χ2n) is 5.07. The first kappa shape index (κ1) is 16.7. The van der Waals surface area contributed by atoms with Gasteiger partial charge in [-0.05, 0) is 49.2 Å². The van der Waals surface area contributed by atoms with Gasteiger partial charge in [0.2, 0.25) is 5.91 Å². The second kappa shape index (κ2) is 7.54. The number of aryl methyl sites for hydroxylation is 1. The quantitative estimate of drug-likeness (QED) is 0.859. The number of hydrogen-bond donors (Lipinski definition) is 1. The van der Waals surface area contributed by atoms with Gasteiger partial charge in [0, 0.05) is 5.69 Å². The van der Waals surface area contributed by atoms with E-state index in [1.54, 1.807) is 50.2 Å². The lowest BCUT2D eigenvalue weighted by atomic mass is 10.1. The first-order valence-corrected chi connectivity index (χ1v) is 7.32. The van der Waals surface area contributed by atoms with E-state index in [1.807, 2.05) is 0 Å². The van der Waals surface area contributed by atoms with E-state index in [0.717, 1.165) is 5.56 Å². The molecule has 0 aliphatic rings. The Balaban J connectivity index is 2.07. The minimum atomic E-state index is -0.406. The van der Waals surface area contributed by atoms with Crippen molar-refractivity contribution in [3.8, 4) is 0 Å². The molecule has 120 valence electrons. The van der Waals surface area contributed by atoms with Crippen LogP contribution in [0.4, 0.5) is 10.1 Å². The number of halogens is 1. The lowest BCUT2D eigenvalue weighted by molar-refractivity contribution is -0.115. The number of benzene rings is 2. The predicted molar refractivity (Wildman–Crippen MR) is 85.9 cm³/mol. The van der Waals surface area contributed by atoms with Crippen molar-refractivity contribution in [3.05, 3.63) is 65.0 Å². The summed E-state index contributed by atoms with van der Waals surface area (Å²) in [5, 5.41) is 2.73. The van der Waals surface area contributed by atoms with E-state index in [0.29, 0.717) is 23.4 Å². The average Bonchev–Trinajstić information content (AvgIpc) is 2.52. The summed E-state index contributed by atoms with van der Waals surface area (Å²) in [6, 6.07) is 11.0. The monoisotopic (exact) mass is 315 g/mol. The van der Waals surface area contributed by atoms with E-state index in [-0.39, 0.29) is 12.3 Å². The molecule has 1 amide bonds.